The number of benzene rings is 1. The number of fused-ring (bicyclic) bond motifs is 1. The number of carbonyl (C=O) groups excluding carboxylic acids is 1. The van der Waals surface area contributed by atoms with Gasteiger partial charge in [-0.1, -0.05) is 6.07 Å². The Morgan fingerprint density at radius 3 is 3.16 bits per heavy atom. The summed E-state index contributed by atoms with van der Waals surface area (Å²) in [5.74, 6) is 0.590. The molecule has 1 unspecified atom stereocenters. The first-order chi connectivity index (χ1) is 9.20. The fourth-order valence-corrected chi connectivity index (χ4v) is 1.89. The summed E-state index contributed by atoms with van der Waals surface area (Å²) >= 11 is 0. The molecule has 2 N–H and O–H groups in total. The van der Waals surface area contributed by atoms with Crippen LogP contribution in [0.15, 0.2) is 18.2 Å². The van der Waals surface area contributed by atoms with Gasteiger partial charge in [0.1, 0.15) is 5.75 Å². The molecule has 1 aliphatic rings. The first-order valence-electron chi connectivity index (χ1n) is 6.39. The fraction of sp³-hybridized carbons (Fsp3) is 0.429. The minimum Gasteiger partial charge on any atom is -0.479 e. The summed E-state index contributed by atoms with van der Waals surface area (Å²) in [6.45, 7) is 3.25. The Bertz CT molecular complexity index is 508. The average molecular weight is 259 g/mol. The van der Waals surface area contributed by atoms with Crippen molar-refractivity contribution in [1.82, 2.24) is 5.32 Å². The summed E-state index contributed by atoms with van der Waals surface area (Å²) in [4.78, 5) is 11.5. The van der Waals surface area contributed by atoms with Crippen molar-refractivity contribution in [1.29, 1.82) is 5.26 Å². The summed E-state index contributed by atoms with van der Waals surface area (Å²) in [6, 6.07) is 7.87. The lowest BCUT2D eigenvalue weighted by Crippen LogP contribution is -2.34. The molecular formula is C14H17N3O2. The van der Waals surface area contributed by atoms with Gasteiger partial charge in [0, 0.05) is 13.0 Å². The first-order valence-corrected chi connectivity index (χ1v) is 6.39. The fourth-order valence-electron chi connectivity index (χ4n) is 1.89. The van der Waals surface area contributed by atoms with Crippen molar-refractivity contribution in [2.24, 2.45) is 0 Å². The van der Waals surface area contributed by atoms with Gasteiger partial charge in [0.05, 0.1) is 11.8 Å². The number of nitriles is 1. The molecule has 0 saturated carbocycles. The number of unbranched alkanes of at least 4 members (excludes halogenated alkanes) is 1. The van der Waals surface area contributed by atoms with Crippen LogP contribution in [0.5, 0.6) is 5.75 Å². The Morgan fingerprint density at radius 2 is 2.37 bits per heavy atom. The van der Waals surface area contributed by atoms with E-state index < -0.39 is 6.10 Å². The highest BCUT2D eigenvalue weighted by molar-refractivity contribution is 5.97. The molecule has 100 valence electrons. The lowest BCUT2D eigenvalue weighted by Gasteiger charge is -2.23. The number of anilines is 1. The molecule has 1 aliphatic heterocycles. The topological polar surface area (TPSA) is 74.2 Å². The van der Waals surface area contributed by atoms with Crippen LogP contribution in [0.2, 0.25) is 0 Å². The van der Waals surface area contributed by atoms with Gasteiger partial charge < -0.3 is 15.4 Å². The number of ether oxygens (including phenoxy) is 1. The van der Waals surface area contributed by atoms with E-state index in [2.05, 4.69) is 16.7 Å². The Kier molecular flexibility index (Phi) is 4.37. The number of amides is 1. The number of hydrogen-bond acceptors (Lipinski definition) is 4. The van der Waals surface area contributed by atoms with Gasteiger partial charge in [0.15, 0.2) is 6.10 Å². The number of nitrogens with one attached hydrogen (secondary N) is 2. The third-order valence-corrected chi connectivity index (χ3v) is 2.95. The Hall–Kier alpha value is -2.06. The lowest BCUT2D eigenvalue weighted by atomic mass is 10.1. The van der Waals surface area contributed by atoms with E-state index in [1.54, 1.807) is 6.92 Å². The lowest BCUT2D eigenvalue weighted by molar-refractivity contribution is -0.122. The second-order valence-electron chi connectivity index (χ2n) is 4.52. The first kappa shape index (κ1) is 13.4. The van der Waals surface area contributed by atoms with Gasteiger partial charge in [0.25, 0.3) is 5.91 Å². The molecular weight excluding hydrogens is 242 g/mol. The molecule has 1 amide bonds. The molecule has 1 atom stereocenters. The van der Waals surface area contributed by atoms with Crippen LogP contribution >= 0.6 is 0 Å². The zero-order valence-electron chi connectivity index (χ0n) is 10.9. The van der Waals surface area contributed by atoms with Crippen LogP contribution in [0.1, 0.15) is 25.3 Å². The van der Waals surface area contributed by atoms with E-state index in [0.717, 1.165) is 24.2 Å². The molecule has 1 aromatic carbocycles. The highest BCUT2D eigenvalue weighted by Crippen LogP contribution is 2.30. The summed E-state index contributed by atoms with van der Waals surface area (Å²) < 4.78 is 5.49. The molecule has 2 rings (SSSR count). The molecule has 0 radical (unpaired) electrons. The summed E-state index contributed by atoms with van der Waals surface area (Å²) in [7, 11) is 0. The predicted octanol–water partition coefficient (Wildman–Crippen LogP) is 1.80. The normalized spacial score (nSPS) is 17.1. The molecule has 0 fully saturated rings. The zero-order chi connectivity index (χ0) is 13.7. The number of rotatable bonds is 5. The van der Waals surface area contributed by atoms with Gasteiger partial charge in [-0.2, -0.15) is 5.26 Å². The number of nitrogens with zero attached hydrogens (tertiary/aromatic N) is 1. The van der Waals surface area contributed by atoms with Crippen molar-refractivity contribution in [3.63, 3.8) is 0 Å². The molecule has 19 heavy (non-hydrogen) atoms. The molecule has 0 aromatic heterocycles. The largest absolute Gasteiger partial charge is 0.479 e. The van der Waals surface area contributed by atoms with Crippen molar-refractivity contribution < 1.29 is 9.53 Å². The minimum atomic E-state index is -0.442. The molecule has 5 heteroatoms. The molecule has 0 saturated heterocycles. The van der Waals surface area contributed by atoms with Crippen LogP contribution in [0.25, 0.3) is 0 Å². The van der Waals surface area contributed by atoms with E-state index in [4.69, 9.17) is 10.00 Å². The van der Waals surface area contributed by atoms with Crippen molar-refractivity contribution in [3.05, 3.63) is 23.8 Å². The number of hydrogen-bond donors (Lipinski definition) is 2. The monoisotopic (exact) mass is 259 g/mol. The minimum absolute atomic E-state index is 0.119. The predicted molar refractivity (Wildman–Crippen MR) is 71.7 cm³/mol. The zero-order valence-corrected chi connectivity index (χ0v) is 10.9. The van der Waals surface area contributed by atoms with Crippen molar-refractivity contribution in [2.45, 2.75) is 32.4 Å². The van der Waals surface area contributed by atoms with Gasteiger partial charge in [-0.05, 0) is 37.6 Å². The Balaban J connectivity index is 1.92. The third kappa shape index (κ3) is 3.46. The highest BCUT2D eigenvalue weighted by Gasteiger charge is 2.23. The molecule has 1 aromatic rings. The van der Waals surface area contributed by atoms with E-state index in [9.17, 15) is 4.79 Å². The summed E-state index contributed by atoms with van der Waals surface area (Å²) in [6.07, 6.45) is 0.972. The van der Waals surface area contributed by atoms with Crippen LogP contribution in [0.4, 0.5) is 5.69 Å². The maximum atomic E-state index is 11.5. The van der Waals surface area contributed by atoms with Crippen LogP contribution in [-0.4, -0.2) is 18.6 Å². The van der Waals surface area contributed by atoms with Gasteiger partial charge in [-0.15, -0.1) is 0 Å². The average Bonchev–Trinajstić information content (AvgIpc) is 2.40. The van der Waals surface area contributed by atoms with Crippen LogP contribution in [-0.2, 0) is 11.3 Å². The van der Waals surface area contributed by atoms with E-state index >= 15 is 0 Å². The second-order valence-corrected chi connectivity index (χ2v) is 4.52. The van der Waals surface area contributed by atoms with E-state index in [0.29, 0.717) is 18.7 Å². The quantitative estimate of drug-likeness (QED) is 0.791. The van der Waals surface area contributed by atoms with E-state index in [1.165, 1.54) is 0 Å². The van der Waals surface area contributed by atoms with Crippen LogP contribution in [0, 0.1) is 11.3 Å². The van der Waals surface area contributed by atoms with Gasteiger partial charge in [0.2, 0.25) is 0 Å². The standard InChI is InChI=1S/C14H17N3O2/c1-10-14(18)17-12-8-11(4-5-13(12)19-10)9-16-7-3-2-6-15/h4-5,8,10,16H,2-3,7,9H2,1H3,(H,17,18). The Labute approximate surface area is 112 Å². The maximum Gasteiger partial charge on any atom is 0.265 e. The molecule has 1 heterocycles. The van der Waals surface area contributed by atoms with Crippen LogP contribution in [0.3, 0.4) is 0 Å². The van der Waals surface area contributed by atoms with Gasteiger partial charge in [-0.3, -0.25) is 4.79 Å². The summed E-state index contributed by atoms with van der Waals surface area (Å²) in [5, 5.41) is 14.5. The van der Waals surface area contributed by atoms with E-state index in [1.807, 2.05) is 18.2 Å². The third-order valence-electron chi connectivity index (χ3n) is 2.95. The number of carbonyl (C=O) groups is 1. The molecule has 0 spiro atoms. The summed E-state index contributed by atoms with van der Waals surface area (Å²) in [5.41, 5.74) is 1.80. The van der Waals surface area contributed by atoms with Gasteiger partial charge in [-0.25, -0.2) is 0 Å². The highest BCUT2D eigenvalue weighted by atomic mass is 16.5. The van der Waals surface area contributed by atoms with Crippen molar-refractivity contribution >= 4 is 11.6 Å². The van der Waals surface area contributed by atoms with Crippen LogP contribution < -0.4 is 15.4 Å². The molecule has 5 nitrogen and oxygen atoms in total. The van der Waals surface area contributed by atoms with Crippen molar-refractivity contribution in [2.75, 3.05) is 11.9 Å². The molecule has 0 aliphatic carbocycles. The SMILES string of the molecule is CC1Oc2ccc(CNCCCC#N)cc2NC1=O. The van der Waals surface area contributed by atoms with E-state index in [-0.39, 0.29) is 5.91 Å². The Morgan fingerprint density at radius 1 is 1.53 bits per heavy atom. The van der Waals surface area contributed by atoms with Crippen molar-refractivity contribution in [3.8, 4) is 11.8 Å². The van der Waals surface area contributed by atoms with Gasteiger partial charge >= 0.3 is 0 Å². The smallest absolute Gasteiger partial charge is 0.265 e. The maximum absolute atomic E-state index is 11.5. The second kappa shape index (κ2) is 6.21. The molecule has 0 bridgehead atoms.